The number of anilines is 3. The lowest BCUT2D eigenvalue weighted by atomic mass is 10.2. The third-order valence-corrected chi connectivity index (χ3v) is 3.75. The summed E-state index contributed by atoms with van der Waals surface area (Å²) in [6.45, 7) is 1.71. The Kier molecular flexibility index (Phi) is 5.32. The van der Waals surface area contributed by atoms with E-state index in [4.69, 9.17) is 16.1 Å². The molecule has 0 saturated heterocycles. The van der Waals surface area contributed by atoms with Gasteiger partial charge in [-0.2, -0.15) is 0 Å². The number of halogens is 1. The summed E-state index contributed by atoms with van der Waals surface area (Å²) in [6, 6.07) is 6.20. The van der Waals surface area contributed by atoms with E-state index >= 15 is 0 Å². The highest BCUT2D eigenvalue weighted by Crippen LogP contribution is 2.25. The summed E-state index contributed by atoms with van der Waals surface area (Å²) in [6.07, 6.45) is 2.69. The quantitative estimate of drug-likeness (QED) is 0.640. The van der Waals surface area contributed by atoms with Gasteiger partial charge >= 0.3 is 5.97 Å². The number of methoxy groups -OCH3 is 1. The van der Waals surface area contributed by atoms with Gasteiger partial charge in [-0.15, -0.1) is 0 Å². The summed E-state index contributed by atoms with van der Waals surface area (Å²) in [5, 5.41) is 9.51. The Hall–Kier alpha value is -3.46. The van der Waals surface area contributed by atoms with Gasteiger partial charge in [-0.1, -0.05) is 16.8 Å². The summed E-state index contributed by atoms with van der Waals surface area (Å²) in [5.74, 6) is 0.150. The van der Waals surface area contributed by atoms with Crippen LogP contribution in [0.3, 0.4) is 0 Å². The van der Waals surface area contributed by atoms with Gasteiger partial charge in [0.2, 0.25) is 5.95 Å². The molecule has 0 atom stereocenters. The number of esters is 1. The first-order valence-electron chi connectivity index (χ1n) is 7.68. The molecule has 0 saturated carbocycles. The molecular weight excluding hydrogens is 374 g/mol. The second-order valence-electron chi connectivity index (χ2n) is 5.38. The molecule has 9 nitrogen and oxygen atoms in total. The largest absolute Gasteiger partial charge is 0.465 e. The number of ether oxygens (including phenoxy) is 1. The van der Waals surface area contributed by atoms with E-state index in [1.165, 1.54) is 25.6 Å². The number of hydrogen-bond donors (Lipinski definition) is 2. The lowest BCUT2D eigenvalue weighted by molar-refractivity contribution is 0.0600. The van der Waals surface area contributed by atoms with Crippen molar-refractivity contribution in [3.63, 3.8) is 0 Å². The maximum atomic E-state index is 12.1. The Balaban J connectivity index is 1.72. The van der Waals surface area contributed by atoms with Crippen molar-refractivity contribution in [1.82, 2.24) is 15.1 Å². The van der Waals surface area contributed by atoms with Gasteiger partial charge in [-0.25, -0.2) is 14.8 Å². The monoisotopic (exact) mass is 387 g/mol. The topological polar surface area (TPSA) is 119 Å². The smallest absolute Gasteiger partial charge is 0.337 e. The zero-order valence-electron chi connectivity index (χ0n) is 14.3. The molecule has 2 heterocycles. The molecule has 0 aliphatic rings. The molecule has 27 heavy (non-hydrogen) atoms. The standard InChI is InChI=1S/C17H14ClN5O4/c1-9-5-14(23-27-9)22-15(24)11-7-19-17(20-8-11)21-13-6-10(16(25)26-2)3-4-12(13)18/h3-8H,1-2H3,(H,19,20,21)(H,22,23,24). The summed E-state index contributed by atoms with van der Waals surface area (Å²) >= 11 is 6.12. The molecule has 2 N–H and O–H groups in total. The van der Waals surface area contributed by atoms with Crippen LogP contribution in [0.4, 0.5) is 17.5 Å². The number of benzene rings is 1. The molecule has 3 rings (SSSR count). The van der Waals surface area contributed by atoms with Gasteiger partial charge in [0.15, 0.2) is 5.82 Å². The highest BCUT2D eigenvalue weighted by Gasteiger charge is 2.12. The SMILES string of the molecule is COC(=O)c1ccc(Cl)c(Nc2ncc(C(=O)Nc3cc(C)on3)cn2)c1. The number of hydrogen-bond acceptors (Lipinski definition) is 8. The van der Waals surface area contributed by atoms with Crippen LogP contribution in [-0.2, 0) is 4.74 Å². The Bertz CT molecular complexity index is 987. The second kappa shape index (κ2) is 7.83. The van der Waals surface area contributed by atoms with Crippen molar-refractivity contribution in [2.45, 2.75) is 6.92 Å². The molecule has 0 unspecified atom stereocenters. The third kappa shape index (κ3) is 4.39. The van der Waals surface area contributed by atoms with E-state index in [1.807, 2.05) is 0 Å². The van der Waals surface area contributed by atoms with E-state index in [0.717, 1.165) is 0 Å². The predicted octanol–water partition coefficient (Wildman–Crippen LogP) is 3.21. The summed E-state index contributed by atoms with van der Waals surface area (Å²) in [4.78, 5) is 31.9. The Labute approximate surface area is 158 Å². The number of nitrogens with zero attached hydrogens (tertiary/aromatic N) is 3. The first-order chi connectivity index (χ1) is 13.0. The highest BCUT2D eigenvalue weighted by atomic mass is 35.5. The number of aryl methyl sites for hydroxylation is 1. The lowest BCUT2D eigenvalue weighted by Gasteiger charge is -2.09. The highest BCUT2D eigenvalue weighted by molar-refractivity contribution is 6.33. The maximum Gasteiger partial charge on any atom is 0.337 e. The Morgan fingerprint density at radius 2 is 1.89 bits per heavy atom. The Morgan fingerprint density at radius 1 is 1.15 bits per heavy atom. The molecule has 1 aromatic carbocycles. The van der Waals surface area contributed by atoms with Gasteiger partial charge in [-0.3, -0.25) is 4.79 Å². The lowest BCUT2D eigenvalue weighted by Crippen LogP contribution is -2.13. The van der Waals surface area contributed by atoms with Crippen LogP contribution in [0.5, 0.6) is 0 Å². The minimum Gasteiger partial charge on any atom is -0.465 e. The normalized spacial score (nSPS) is 10.3. The number of rotatable bonds is 5. The van der Waals surface area contributed by atoms with Crippen molar-refractivity contribution in [3.8, 4) is 0 Å². The van der Waals surface area contributed by atoms with Crippen LogP contribution in [0.15, 0.2) is 41.2 Å². The molecule has 1 amide bonds. The third-order valence-electron chi connectivity index (χ3n) is 3.42. The zero-order chi connectivity index (χ0) is 19.4. The minimum atomic E-state index is -0.495. The van der Waals surface area contributed by atoms with E-state index in [9.17, 15) is 9.59 Å². The van der Waals surface area contributed by atoms with Gasteiger partial charge < -0.3 is 19.9 Å². The van der Waals surface area contributed by atoms with Crippen molar-refractivity contribution < 1.29 is 18.8 Å². The zero-order valence-corrected chi connectivity index (χ0v) is 15.1. The summed E-state index contributed by atoms with van der Waals surface area (Å²) in [7, 11) is 1.29. The summed E-state index contributed by atoms with van der Waals surface area (Å²) in [5.41, 5.74) is 0.980. The van der Waals surface area contributed by atoms with Crippen LogP contribution in [0.25, 0.3) is 0 Å². The second-order valence-corrected chi connectivity index (χ2v) is 5.79. The molecule has 0 aliphatic carbocycles. The van der Waals surface area contributed by atoms with Crippen LogP contribution in [-0.4, -0.2) is 34.1 Å². The van der Waals surface area contributed by atoms with Crippen LogP contribution in [0.1, 0.15) is 26.5 Å². The molecule has 0 bridgehead atoms. The molecule has 0 radical (unpaired) electrons. The minimum absolute atomic E-state index is 0.202. The Morgan fingerprint density at radius 3 is 2.52 bits per heavy atom. The van der Waals surface area contributed by atoms with Gasteiger partial charge in [0, 0.05) is 18.5 Å². The van der Waals surface area contributed by atoms with Crippen molar-refractivity contribution in [2.24, 2.45) is 0 Å². The van der Waals surface area contributed by atoms with Crippen molar-refractivity contribution in [3.05, 3.63) is 58.6 Å². The van der Waals surface area contributed by atoms with Gasteiger partial charge in [0.1, 0.15) is 5.76 Å². The fourth-order valence-corrected chi connectivity index (χ4v) is 2.27. The van der Waals surface area contributed by atoms with E-state index in [2.05, 4.69) is 30.5 Å². The van der Waals surface area contributed by atoms with Crippen LogP contribution in [0.2, 0.25) is 5.02 Å². The molecule has 3 aromatic rings. The number of amides is 1. The predicted molar refractivity (Wildman–Crippen MR) is 97.3 cm³/mol. The van der Waals surface area contributed by atoms with E-state index in [-0.39, 0.29) is 11.5 Å². The van der Waals surface area contributed by atoms with Gasteiger partial charge in [0.25, 0.3) is 5.91 Å². The number of aromatic nitrogens is 3. The van der Waals surface area contributed by atoms with Crippen molar-refractivity contribution in [1.29, 1.82) is 0 Å². The number of nitrogens with one attached hydrogen (secondary N) is 2. The summed E-state index contributed by atoms with van der Waals surface area (Å²) < 4.78 is 9.56. The first kappa shape index (κ1) is 18.3. The van der Waals surface area contributed by atoms with Crippen LogP contribution < -0.4 is 10.6 Å². The molecule has 2 aromatic heterocycles. The maximum absolute atomic E-state index is 12.1. The fraction of sp³-hybridized carbons (Fsp3) is 0.118. The van der Waals surface area contributed by atoms with Crippen LogP contribution >= 0.6 is 11.6 Å². The molecule has 0 spiro atoms. The average molecular weight is 388 g/mol. The van der Waals surface area contributed by atoms with E-state index in [1.54, 1.807) is 25.1 Å². The number of carbonyl (C=O) groups is 2. The first-order valence-corrected chi connectivity index (χ1v) is 8.05. The molecule has 0 aliphatic heterocycles. The molecular formula is C17H14ClN5O4. The van der Waals surface area contributed by atoms with Crippen molar-refractivity contribution in [2.75, 3.05) is 17.7 Å². The van der Waals surface area contributed by atoms with E-state index in [0.29, 0.717) is 27.9 Å². The molecule has 0 fully saturated rings. The number of carbonyl (C=O) groups excluding carboxylic acids is 2. The molecule has 10 heteroatoms. The van der Waals surface area contributed by atoms with E-state index < -0.39 is 11.9 Å². The molecule has 138 valence electrons. The van der Waals surface area contributed by atoms with Gasteiger partial charge in [-0.05, 0) is 25.1 Å². The van der Waals surface area contributed by atoms with Crippen molar-refractivity contribution >= 4 is 40.9 Å². The van der Waals surface area contributed by atoms with Crippen LogP contribution in [0, 0.1) is 6.92 Å². The fourth-order valence-electron chi connectivity index (χ4n) is 2.11. The average Bonchev–Trinajstić information content (AvgIpc) is 3.08. The van der Waals surface area contributed by atoms with Gasteiger partial charge in [0.05, 0.1) is 28.9 Å².